The van der Waals surface area contributed by atoms with Crippen LogP contribution in [0.2, 0.25) is 0 Å². The van der Waals surface area contributed by atoms with Gasteiger partial charge in [0.2, 0.25) is 0 Å². The van der Waals surface area contributed by atoms with Crippen LogP contribution in [0.5, 0.6) is 0 Å². The van der Waals surface area contributed by atoms with Crippen LogP contribution in [0.1, 0.15) is 13.8 Å². The van der Waals surface area contributed by atoms with Gasteiger partial charge >= 0.3 is 0 Å². The molecule has 12 heavy (non-hydrogen) atoms. The maximum atomic E-state index is 8.09. The number of hydrogen-bond acceptors (Lipinski definition) is 4. The summed E-state index contributed by atoms with van der Waals surface area (Å²) in [5, 5.41) is 16.2. The van der Waals surface area contributed by atoms with Crippen LogP contribution in [-0.2, 0) is 9.47 Å². The fourth-order valence-electron chi connectivity index (χ4n) is 0.231. The van der Waals surface area contributed by atoms with Crippen molar-refractivity contribution in [1.82, 2.24) is 0 Å². The van der Waals surface area contributed by atoms with E-state index < -0.39 is 0 Å². The minimum atomic E-state index is 0.0278. The first-order valence-electron chi connectivity index (χ1n) is 4.01. The second-order valence-electron chi connectivity index (χ2n) is 2.34. The van der Waals surface area contributed by atoms with E-state index in [2.05, 4.69) is 4.74 Å². The van der Waals surface area contributed by atoms with Crippen molar-refractivity contribution in [3.05, 3.63) is 0 Å². The molecule has 0 amide bonds. The molecular weight excluding hydrogens is 160 g/mol. The van der Waals surface area contributed by atoms with Gasteiger partial charge < -0.3 is 19.7 Å². The third-order valence-electron chi connectivity index (χ3n) is 0.943. The number of aliphatic hydroxyl groups excluding tert-OH is 2. The van der Waals surface area contributed by atoms with Gasteiger partial charge in [0.05, 0.1) is 32.5 Å². The van der Waals surface area contributed by atoms with Crippen molar-refractivity contribution in [2.45, 2.75) is 20.0 Å². The summed E-state index contributed by atoms with van der Waals surface area (Å²) in [5.74, 6) is 0. The Morgan fingerprint density at radius 2 is 1.42 bits per heavy atom. The van der Waals surface area contributed by atoms with Crippen LogP contribution >= 0.6 is 0 Å². The molecule has 4 heteroatoms. The standard InChI is InChI=1S/C4H10O3.C4H10O/c5-1-3-7-4-2-6;1-4(2)5-3/h5-6H,1-4H2;4H,1-3H3. The lowest BCUT2D eigenvalue weighted by molar-refractivity contribution is 0.0650. The smallest absolute Gasteiger partial charge is 0.0698 e. The van der Waals surface area contributed by atoms with Crippen molar-refractivity contribution in [3.8, 4) is 0 Å². The molecule has 0 aromatic rings. The molecule has 0 aliphatic carbocycles. The molecule has 0 spiro atoms. The molecule has 0 aromatic heterocycles. The van der Waals surface area contributed by atoms with E-state index in [1.807, 2.05) is 13.8 Å². The summed E-state index contributed by atoms with van der Waals surface area (Å²) in [5.41, 5.74) is 0. The lowest BCUT2D eigenvalue weighted by Gasteiger charge is -1.94. The first-order chi connectivity index (χ1) is 5.68. The van der Waals surface area contributed by atoms with Crippen LogP contribution in [0.3, 0.4) is 0 Å². The van der Waals surface area contributed by atoms with Crippen molar-refractivity contribution in [3.63, 3.8) is 0 Å². The Bertz CT molecular complexity index is 62.1. The molecular formula is C8H20O4. The maximum Gasteiger partial charge on any atom is 0.0698 e. The van der Waals surface area contributed by atoms with Gasteiger partial charge in [0.15, 0.2) is 0 Å². The van der Waals surface area contributed by atoms with Crippen LogP contribution in [0.4, 0.5) is 0 Å². The third-order valence-corrected chi connectivity index (χ3v) is 0.943. The Kier molecular flexibility index (Phi) is 16.1. The molecule has 0 saturated carbocycles. The molecule has 0 radical (unpaired) electrons. The van der Waals surface area contributed by atoms with Crippen molar-refractivity contribution in [2.24, 2.45) is 0 Å². The second-order valence-corrected chi connectivity index (χ2v) is 2.34. The normalized spacial score (nSPS) is 9.50. The van der Waals surface area contributed by atoms with E-state index in [0.29, 0.717) is 19.3 Å². The Labute approximate surface area is 74.1 Å². The maximum absolute atomic E-state index is 8.09. The van der Waals surface area contributed by atoms with Crippen molar-refractivity contribution < 1.29 is 19.7 Å². The van der Waals surface area contributed by atoms with Gasteiger partial charge in [-0.2, -0.15) is 0 Å². The van der Waals surface area contributed by atoms with Crippen molar-refractivity contribution in [1.29, 1.82) is 0 Å². The van der Waals surface area contributed by atoms with Crippen molar-refractivity contribution >= 4 is 0 Å². The molecule has 0 unspecified atom stereocenters. The van der Waals surface area contributed by atoms with Gasteiger partial charge in [-0.3, -0.25) is 0 Å². The van der Waals surface area contributed by atoms with Crippen LogP contribution < -0.4 is 0 Å². The zero-order chi connectivity index (χ0) is 9.82. The quantitative estimate of drug-likeness (QED) is 0.586. The molecule has 2 N–H and O–H groups in total. The Morgan fingerprint density at radius 1 is 1.08 bits per heavy atom. The van der Waals surface area contributed by atoms with Crippen molar-refractivity contribution in [2.75, 3.05) is 33.5 Å². The molecule has 0 aromatic carbocycles. The van der Waals surface area contributed by atoms with E-state index in [-0.39, 0.29) is 13.2 Å². The molecule has 0 heterocycles. The van der Waals surface area contributed by atoms with E-state index in [1.165, 1.54) is 0 Å². The number of aliphatic hydroxyl groups is 2. The van der Waals surface area contributed by atoms with Gasteiger partial charge in [-0.1, -0.05) is 0 Å². The molecule has 0 rings (SSSR count). The summed E-state index contributed by atoms with van der Waals surface area (Å²) in [6.07, 6.45) is 0.384. The fraction of sp³-hybridized carbons (Fsp3) is 1.00. The highest BCUT2D eigenvalue weighted by molar-refractivity contribution is 4.27. The van der Waals surface area contributed by atoms with Crippen LogP contribution in [0.15, 0.2) is 0 Å². The average Bonchev–Trinajstić information content (AvgIpc) is 2.07. The lowest BCUT2D eigenvalue weighted by atomic mass is 10.5. The van der Waals surface area contributed by atoms with E-state index in [9.17, 15) is 0 Å². The van der Waals surface area contributed by atoms with E-state index >= 15 is 0 Å². The highest BCUT2D eigenvalue weighted by Crippen LogP contribution is 1.77. The van der Waals surface area contributed by atoms with Crippen LogP contribution in [0, 0.1) is 0 Å². The molecule has 0 atom stereocenters. The predicted octanol–water partition coefficient (Wildman–Crippen LogP) is 0.0288. The van der Waals surface area contributed by atoms with E-state index in [0.717, 1.165) is 0 Å². The molecule has 76 valence electrons. The van der Waals surface area contributed by atoms with Gasteiger partial charge in [-0.05, 0) is 13.8 Å². The zero-order valence-electron chi connectivity index (χ0n) is 8.12. The second kappa shape index (κ2) is 13.4. The van der Waals surface area contributed by atoms with Gasteiger partial charge in [-0.25, -0.2) is 0 Å². The SMILES string of the molecule is COC(C)C.OCCOCCO. The summed E-state index contributed by atoms with van der Waals surface area (Å²) < 4.78 is 9.38. The summed E-state index contributed by atoms with van der Waals surface area (Å²) in [7, 11) is 1.70. The summed E-state index contributed by atoms with van der Waals surface area (Å²) in [6.45, 7) is 4.70. The van der Waals surface area contributed by atoms with Gasteiger partial charge in [0.25, 0.3) is 0 Å². The Balaban J connectivity index is 0. The minimum Gasteiger partial charge on any atom is -0.394 e. The summed E-state index contributed by atoms with van der Waals surface area (Å²) in [4.78, 5) is 0. The first-order valence-corrected chi connectivity index (χ1v) is 4.01. The monoisotopic (exact) mass is 180 g/mol. The van der Waals surface area contributed by atoms with Gasteiger partial charge in [0.1, 0.15) is 0 Å². The molecule has 0 fully saturated rings. The third kappa shape index (κ3) is 22.5. The molecule has 0 bridgehead atoms. The number of methoxy groups -OCH3 is 1. The highest BCUT2D eigenvalue weighted by Gasteiger charge is 1.79. The number of rotatable bonds is 5. The minimum absolute atomic E-state index is 0.0278. The van der Waals surface area contributed by atoms with Gasteiger partial charge in [0, 0.05) is 7.11 Å². The summed E-state index contributed by atoms with van der Waals surface area (Å²) in [6, 6.07) is 0. The molecule has 0 aliphatic heterocycles. The van der Waals surface area contributed by atoms with Crippen LogP contribution in [0.25, 0.3) is 0 Å². The Morgan fingerprint density at radius 3 is 1.58 bits per heavy atom. The zero-order valence-corrected chi connectivity index (χ0v) is 8.12. The molecule has 0 saturated heterocycles. The molecule has 0 aliphatic rings. The average molecular weight is 180 g/mol. The topological polar surface area (TPSA) is 58.9 Å². The first kappa shape index (κ1) is 14.4. The van der Waals surface area contributed by atoms with Crippen LogP contribution in [-0.4, -0.2) is 49.9 Å². The summed E-state index contributed by atoms with van der Waals surface area (Å²) >= 11 is 0. The number of hydrogen-bond donors (Lipinski definition) is 2. The fourth-order valence-corrected chi connectivity index (χ4v) is 0.231. The van der Waals surface area contributed by atoms with E-state index in [4.69, 9.17) is 14.9 Å². The van der Waals surface area contributed by atoms with Gasteiger partial charge in [-0.15, -0.1) is 0 Å². The largest absolute Gasteiger partial charge is 0.394 e. The lowest BCUT2D eigenvalue weighted by Crippen LogP contribution is -2.03. The predicted molar refractivity (Wildman–Crippen MR) is 47.1 cm³/mol. The molecule has 4 nitrogen and oxygen atoms in total. The highest BCUT2D eigenvalue weighted by atomic mass is 16.5. The Hall–Kier alpha value is -0.160. The van der Waals surface area contributed by atoms with E-state index in [1.54, 1.807) is 7.11 Å². The number of ether oxygens (including phenoxy) is 2.